The van der Waals surface area contributed by atoms with Gasteiger partial charge in [0.25, 0.3) is 0 Å². The van der Waals surface area contributed by atoms with Crippen LogP contribution in [0.4, 0.5) is 0 Å². The average Bonchev–Trinajstić information content (AvgIpc) is 2.69. The average molecular weight is 269 g/mol. The van der Waals surface area contributed by atoms with Crippen LogP contribution < -0.4 is 4.74 Å². The number of rotatable bonds is 4. The molecule has 1 N–H and O–H groups in total. The van der Waals surface area contributed by atoms with Gasteiger partial charge in [0.2, 0.25) is 0 Å². The van der Waals surface area contributed by atoms with Gasteiger partial charge < -0.3 is 9.84 Å². The van der Waals surface area contributed by atoms with E-state index in [0.717, 1.165) is 0 Å². The van der Waals surface area contributed by atoms with Crippen molar-refractivity contribution in [3.8, 4) is 17.5 Å². The molecule has 0 amide bonds. The highest BCUT2D eigenvalue weighted by Crippen LogP contribution is 2.18. The number of ether oxygens (including phenoxy) is 1. The number of hydrogen-bond acceptors (Lipinski definition) is 5. The van der Waals surface area contributed by atoms with Crippen molar-refractivity contribution in [2.45, 2.75) is 0 Å². The summed E-state index contributed by atoms with van der Waals surface area (Å²) in [7, 11) is 1.66. The van der Waals surface area contributed by atoms with Crippen molar-refractivity contribution in [2.24, 2.45) is 7.05 Å². The standard InChI is InChI=1S/C10H9ClN4O3/c1-15-9(7-3-2-6(11)4-12-7)13-10(14-15)18-5-8(16)17/h2-4H,5H2,1H3,(H,16,17). The molecule has 2 aromatic rings. The minimum atomic E-state index is -1.09. The molecular formula is C10H9ClN4O3. The summed E-state index contributed by atoms with van der Waals surface area (Å²) in [5.74, 6) is -0.624. The Morgan fingerprint density at radius 1 is 1.56 bits per heavy atom. The normalized spacial score (nSPS) is 10.3. The highest BCUT2D eigenvalue weighted by Gasteiger charge is 2.12. The molecule has 0 bridgehead atoms. The van der Waals surface area contributed by atoms with Gasteiger partial charge in [-0.1, -0.05) is 11.6 Å². The van der Waals surface area contributed by atoms with E-state index in [1.807, 2.05) is 0 Å². The summed E-state index contributed by atoms with van der Waals surface area (Å²) in [6.07, 6.45) is 1.49. The maximum absolute atomic E-state index is 10.4. The molecule has 2 aromatic heterocycles. The van der Waals surface area contributed by atoms with Gasteiger partial charge >= 0.3 is 12.0 Å². The van der Waals surface area contributed by atoms with Crippen molar-refractivity contribution in [3.05, 3.63) is 23.4 Å². The van der Waals surface area contributed by atoms with Gasteiger partial charge in [-0.3, -0.25) is 4.98 Å². The predicted molar refractivity (Wildman–Crippen MR) is 62.4 cm³/mol. The maximum atomic E-state index is 10.4. The van der Waals surface area contributed by atoms with E-state index in [4.69, 9.17) is 21.4 Å². The Morgan fingerprint density at radius 2 is 2.33 bits per heavy atom. The second-order valence-electron chi connectivity index (χ2n) is 3.39. The molecule has 0 radical (unpaired) electrons. The summed E-state index contributed by atoms with van der Waals surface area (Å²) < 4.78 is 6.33. The Labute approximate surface area is 107 Å². The lowest BCUT2D eigenvalue weighted by molar-refractivity contribution is -0.139. The zero-order chi connectivity index (χ0) is 13.1. The molecule has 18 heavy (non-hydrogen) atoms. The zero-order valence-electron chi connectivity index (χ0n) is 9.37. The molecule has 0 saturated carbocycles. The minimum absolute atomic E-state index is 0.00773. The first-order chi connectivity index (χ1) is 8.56. The number of carboxylic acid groups (broad SMARTS) is 1. The molecular weight excluding hydrogens is 260 g/mol. The van der Waals surface area contributed by atoms with E-state index < -0.39 is 12.6 Å². The SMILES string of the molecule is Cn1nc(OCC(=O)O)nc1-c1ccc(Cl)cn1. The molecule has 8 heteroatoms. The fraction of sp³-hybridized carbons (Fsp3) is 0.200. The smallest absolute Gasteiger partial charge is 0.341 e. The van der Waals surface area contributed by atoms with Crippen LogP contribution in [0, 0.1) is 0 Å². The lowest BCUT2D eigenvalue weighted by Gasteiger charge is -1.97. The molecule has 0 spiro atoms. The van der Waals surface area contributed by atoms with Crippen molar-refractivity contribution < 1.29 is 14.6 Å². The van der Waals surface area contributed by atoms with Gasteiger partial charge in [0, 0.05) is 13.2 Å². The van der Waals surface area contributed by atoms with E-state index in [0.29, 0.717) is 16.5 Å². The van der Waals surface area contributed by atoms with Crippen LogP contribution in [0.1, 0.15) is 0 Å². The predicted octanol–water partition coefficient (Wildman–Crippen LogP) is 0.994. The third-order valence-electron chi connectivity index (χ3n) is 2.02. The fourth-order valence-electron chi connectivity index (χ4n) is 1.28. The van der Waals surface area contributed by atoms with Gasteiger partial charge in [-0.05, 0) is 12.1 Å². The van der Waals surface area contributed by atoms with Crippen LogP contribution in [-0.4, -0.2) is 37.4 Å². The molecule has 94 valence electrons. The molecule has 0 aliphatic heterocycles. The fourth-order valence-corrected chi connectivity index (χ4v) is 1.39. The summed E-state index contributed by atoms with van der Waals surface area (Å²) in [6.45, 7) is -0.489. The Hall–Kier alpha value is -2.15. The molecule has 0 aliphatic rings. The number of carbonyl (C=O) groups is 1. The lowest BCUT2D eigenvalue weighted by atomic mass is 10.3. The van der Waals surface area contributed by atoms with Crippen LogP contribution >= 0.6 is 11.6 Å². The van der Waals surface area contributed by atoms with Gasteiger partial charge in [-0.25, -0.2) is 9.48 Å². The third kappa shape index (κ3) is 2.75. The largest absolute Gasteiger partial charge is 0.479 e. The number of hydrogen-bond donors (Lipinski definition) is 1. The van der Waals surface area contributed by atoms with Crippen molar-refractivity contribution in [1.29, 1.82) is 0 Å². The van der Waals surface area contributed by atoms with E-state index in [9.17, 15) is 4.79 Å². The topological polar surface area (TPSA) is 90.1 Å². The van der Waals surface area contributed by atoms with Gasteiger partial charge in [0.05, 0.1) is 5.02 Å². The molecule has 0 aromatic carbocycles. The number of aromatic nitrogens is 4. The van der Waals surface area contributed by atoms with Crippen LogP contribution in [0.25, 0.3) is 11.5 Å². The second kappa shape index (κ2) is 5.01. The minimum Gasteiger partial charge on any atom is -0.479 e. The Balaban J connectivity index is 2.23. The van der Waals surface area contributed by atoms with Crippen molar-refractivity contribution >= 4 is 17.6 Å². The molecule has 0 unspecified atom stereocenters. The van der Waals surface area contributed by atoms with Crippen molar-refractivity contribution in [3.63, 3.8) is 0 Å². The number of halogens is 1. The number of nitrogens with zero attached hydrogens (tertiary/aromatic N) is 4. The Kier molecular flexibility index (Phi) is 3.42. The summed E-state index contributed by atoms with van der Waals surface area (Å²) in [5, 5.41) is 12.9. The Morgan fingerprint density at radius 3 is 2.94 bits per heavy atom. The first-order valence-corrected chi connectivity index (χ1v) is 5.31. The zero-order valence-corrected chi connectivity index (χ0v) is 10.1. The Bertz CT molecular complexity index is 567. The summed E-state index contributed by atoms with van der Waals surface area (Å²) in [5.41, 5.74) is 0.569. The van der Waals surface area contributed by atoms with E-state index in [1.54, 1.807) is 19.2 Å². The number of aryl methyl sites for hydroxylation is 1. The van der Waals surface area contributed by atoms with E-state index >= 15 is 0 Å². The van der Waals surface area contributed by atoms with Gasteiger partial charge in [0.15, 0.2) is 12.4 Å². The maximum Gasteiger partial charge on any atom is 0.341 e. The summed E-state index contributed by atoms with van der Waals surface area (Å²) >= 11 is 5.73. The second-order valence-corrected chi connectivity index (χ2v) is 3.82. The molecule has 0 atom stereocenters. The number of aliphatic carboxylic acids is 1. The number of carboxylic acids is 1. The van der Waals surface area contributed by atoms with Crippen molar-refractivity contribution in [1.82, 2.24) is 19.7 Å². The molecule has 0 fully saturated rings. The monoisotopic (exact) mass is 268 g/mol. The highest BCUT2D eigenvalue weighted by atomic mass is 35.5. The molecule has 7 nitrogen and oxygen atoms in total. The van der Waals surface area contributed by atoms with Crippen LogP contribution in [0.15, 0.2) is 18.3 Å². The number of pyridine rings is 1. The van der Waals surface area contributed by atoms with E-state index in [2.05, 4.69) is 15.1 Å². The summed E-state index contributed by atoms with van der Waals surface area (Å²) in [6, 6.07) is 3.36. The first-order valence-electron chi connectivity index (χ1n) is 4.94. The van der Waals surface area contributed by atoms with E-state index in [-0.39, 0.29) is 6.01 Å². The van der Waals surface area contributed by atoms with Crippen LogP contribution in [0.3, 0.4) is 0 Å². The van der Waals surface area contributed by atoms with Gasteiger partial charge in [-0.15, -0.1) is 5.10 Å². The van der Waals surface area contributed by atoms with Gasteiger partial charge in [0.1, 0.15) is 5.69 Å². The van der Waals surface area contributed by atoms with Crippen LogP contribution in [-0.2, 0) is 11.8 Å². The molecule has 2 rings (SSSR count). The molecule has 0 saturated heterocycles. The highest BCUT2D eigenvalue weighted by molar-refractivity contribution is 6.30. The van der Waals surface area contributed by atoms with Crippen LogP contribution in [0.5, 0.6) is 6.01 Å². The van der Waals surface area contributed by atoms with Crippen LogP contribution in [0.2, 0.25) is 5.02 Å². The first kappa shape index (κ1) is 12.3. The molecule has 0 aliphatic carbocycles. The van der Waals surface area contributed by atoms with E-state index in [1.165, 1.54) is 10.9 Å². The lowest BCUT2D eigenvalue weighted by Crippen LogP contribution is -2.10. The third-order valence-corrected chi connectivity index (χ3v) is 2.25. The van der Waals surface area contributed by atoms with Gasteiger partial charge in [-0.2, -0.15) is 4.98 Å². The quantitative estimate of drug-likeness (QED) is 0.889. The molecule has 2 heterocycles. The summed E-state index contributed by atoms with van der Waals surface area (Å²) in [4.78, 5) is 18.5. The van der Waals surface area contributed by atoms with Crippen molar-refractivity contribution in [2.75, 3.05) is 6.61 Å².